The monoisotopic (exact) mass is 256 g/mol. The molecular weight excluding hydrogens is 252 g/mol. The normalized spacial score (nSPS) is 10.3. The van der Waals surface area contributed by atoms with Crippen molar-refractivity contribution >= 4 is 34.7 Å². The molecule has 0 fully saturated rings. The number of aliphatic carboxylic acids is 1. The summed E-state index contributed by atoms with van der Waals surface area (Å²) in [6, 6.07) is 3.43. The van der Waals surface area contributed by atoms with Crippen molar-refractivity contribution in [1.82, 2.24) is 9.97 Å². The second kappa shape index (κ2) is 4.07. The van der Waals surface area contributed by atoms with Crippen molar-refractivity contribution in [3.05, 3.63) is 28.4 Å². The lowest BCUT2D eigenvalue weighted by molar-refractivity contribution is -0.131. The van der Waals surface area contributed by atoms with Crippen LogP contribution in [0.3, 0.4) is 0 Å². The number of ketones is 1. The molecule has 0 saturated carbocycles. The minimum atomic E-state index is -1.51. The summed E-state index contributed by atoms with van der Waals surface area (Å²) in [7, 11) is 0. The Kier molecular flexibility index (Phi) is 2.76. The lowest BCUT2D eigenvalue weighted by Crippen LogP contribution is -2.12. The standard InChI is InChI=1S/C9H5ClN2O3S/c10-6-2-1-5(16-6)8-11-3-4(12-8)7(13)9(14)15/h1-3H,(H,11,12)(H,14,15). The number of carbonyl (C=O) groups is 2. The quantitative estimate of drug-likeness (QED) is 0.650. The highest BCUT2D eigenvalue weighted by atomic mass is 35.5. The van der Waals surface area contributed by atoms with Gasteiger partial charge in [-0.15, -0.1) is 11.3 Å². The molecule has 0 spiro atoms. The molecule has 2 N–H and O–H groups in total. The number of rotatable bonds is 3. The number of aromatic nitrogens is 2. The topological polar surface area (TPSA) is 83.0 Å². The minimum absolute atomic E-state index is 0.0491. The fourth-order valence-corrected chi connectivity index (χ4v) is 2.11. The van der Waals surface area contributed by atoms with Crippen LogP contribution in [-0.2, 0) is 4.79 Å². The second-order valence-corrected chi connectivity index (χ2v) is 4.60. The van der Waals surface area contributed by atoms with Crippen LogP contribution in [0.2, 0.25) is 4.34 Å². The van der Waals surface area contributed by atoms with Gasteiger partial charge in [0.1, 0.15) is 11.5 Å². The molecule has 16 heavy (non-hydrogen) atoms. The van der Waals surface area contributed by atoms with E-state index in [0.29, 0.717) is 10.2 Å². The van der Waals surface area contributed by atoms with Gasteiger partial charge in [-0.1, -0.05) is 11.6 Å². The van der Waals surface area contributed by atoms with Crippen LogP contribution in [0.1, 0.15) is 10.5 Å². The van der Waals surface area contributed by atoms with Gasteiger partial charge in [-0.05, 0) is 12.1 Å². The number of carboxylic acids is 1. The highest BCUT2D eigenvalue weighted by Gasteiger charge is 2.17. The Bertz CT molecular complexity index is 561. The maximum atomic E-state index is 11.1. The largest absolute Gasteiger partial charge is 0.475 e. The van der Waals surface area contributed by atoms with Crippen LogP contribution < -0.4 is 0 Å². The van der Waals surface area contributed by atoms with Crippen LogP contribution in [0.25, 0.3) is 10.7 Å². The third-order valence-corrected chi connectivity index (χ3v) is 3.06. The lowest BCUT2D eigenvalue weighted by Gasteiger charge is -1.90. The van der Waals surface area contributed by atoms with Gasteiger partial charge in [0, 0.05) is 0 Å². The second-order valence-electron chi connectivity index (χ2n) is 2.88. The number of hydrogen-bond donors (Lipinski definition) is 2. The summed E-state index contributed by atoms with van der Waals surface area (Å²) >= 11 is 7.03. The molecule has 82 valence electrons. The summed E-state index contributed by atoms with van der Waals surface area (Å²) in [5, 5.41) is 8.50. The van der Waals surface area contributed by atoms with E-state index in [4.69, 9.17) is 16.7 Å². The molecule has 2 heterocycles. The molecule has 0 aliphatic heterocycles. The highest BCUT2D eigenvalue weighted by Crippen LogP contribution is 2.28. The molecule has 0 aromatic carbocycles. The molecule has 0 radical (unpaired) electrons. The Balaban J connectivity index is 2.33. The van der Waals surface area contributed by atoms with Gasteiger partial charge in [-0.25, -0.2) is 9.78 Å². The smallest absolute Gasteiger partial charge is 0.378 e. The molecule has 7 heteroatoms. The fourth-order valence-electron chi connectivity index (χ4n) is 1.12. The first kappa shape index (κ1) is 10.8. The number of hydrogen-bond acceptors (Lipinski definition) is 4. The lowest BCUT2D eigenvalue weighted by atomic mass is 10.3. The molecule has 0 bridgehead atoms. The van der Waals surface area contributed by atoms with E-state index >= 15 is 0 Å². The van der Waals surface area contributed by atoms with E-state index in [1.807, 2.05) is 0 Å². The Morgan fingerprint density at radius 1 is 1.44 bits per heavy atom. The van der Waals surface area contributed by atoms with Gasteiger partial charge in [-0.2, -0.15) is 0 Å². The summed E-state index contributed by atoms with van der Waals surface area (Å²) in [5.74, 6) is -2.10. The number of carbonyl (C=O) groups excluding carboxylic acids is 1. The van der Waals surface area contributed by atoms with Crippen LogP contribution in [0, 0.1) is 0 Å². The van der Waals surface area contributed by atoms with Crippen molar-refractivity contribution < 1.29 is 14.7 Å². The van der Waals surface area contributed by atoms with E-state index in [0.717, 1.165) is 4.88 Å². The Labute approximate surface area is 98.7 Å². The van der Waals surface area contributed by atoms with Crippen molar-refractivity contribution in [2.75, 3.05) is 0 Å². The number of H-pyrrole nitrogens is 1. The Morgan fingerprint density at radius 3 is 2.75 bits per heavy atom. The number of carboxylic acid groups (broad SMARTS) is 1. The van der Waals surface area contributed by atoms with Crippen molar-refractivity contribution in [2.45, 2.75) is 0 Å². The third-order valence-electron chi connectivity index (χ3n) is 1.82. The van der Waals surface area contributed by atoms with Gasteiger partial charge in [-0.3, -0.25) is 4.79 Å². The maximum Gasteiger partial charge on any atom is 0.378 e. The van der Waals surface area contributed by atoms with Crippen LogP contribution in [0.5, 0.6) is 0 Å². The van der Waals surface area contributed by atoms with Gasteiger partial charge in [0.15, 0.2) is 0 Å². The molecule has 5 nitrogen and oxygen atoms in total. The van der Waals surface area contributed by atoms with Crippen LogP contribution in [0.15, 0.2) is 18.3 Å². The van der Waals surface area contributed by atoms with E-state index in [9.17, 15) is 9.59 Å². The zero-order chi connectivity index (χ0) is 11.7. The number of aromatic amines is 1. The predicted octanol–water partition coefficient (Wildman–Crippen LogP) is 2.06. The van der Waals surface area contributed by atoms with Crippen LogP contribution in [0.4, 0.5) is 0 Å². The molecule has 0 aliphatic carbocycles. The summed E-state index contributed by atoms with van der Waals surface area (Å²) in [4.78, 5) is 28.8. The number of Topliss-reactive ketones (excluding diaryl/α,β-unsaturated/α-hetero) is 1. The van der Waals surface area contributed by atoms with Crippen molar-refractivity contribution in [1.29, 1.82) is 0 Å². The van der Waals surface area contributed by atoms with E-state index in [1.165, 1.54) is 17.5 Å². The van der Waals surface area contributed by atoms with E-state index in [1.54, 1.807) is 12.1 Å². The third kappa shape index (κ3) is 1.98. The Morgan fingerprint density at radius 2 is 2.19 bits per heavy atom. The molecule has 2 aromatic rings. The first-order valence-electron chi connectivity index (χ1n) is 4.16. The summed E-state index contributed by atoms with van der Waals surface area (Å²) < 4.78 is 0.595. The predicted molar refractivity (Wildman–Crippen MR) is 58.9 cm³/mol. The SMILES string of the molecule is O=C(O)C(=O)c1cnc(-c2ccc(Cl)s2)[nH]1. The molecular formula is C9H5ClN2O3S. The molecule has 2 aromatic heterocycles. The average Bonchev–Trinajstić information content (AvgIpc) is 2.84. The average molecular weight is 257 g/mol. The van der Waals surface area contributed by atoms with Gasteiger partial charge < -0.3 is 10.1 Å². The van der Waals surface area contributed by atoms with Crippen molar-refractivity contribution in [3.63, 3.8) is 0 Å². The molecule has 0 saturated heterocycles. The summed E-state index contributed by atoms with van der Waals surface area (Å²) in [6.45, 7) is 0. The summed E-state index contributed by atoms with van der Waals surface area (Å²) in [5.41, 5.74) is -0.0491. The van der Waals surface area contributed by atoms with Gasteiger partial charge in [0.2, 0.25) is 0 Å². The minimum Gasteiger partial charge on any atom is -0.475 e. The van der Waals surface area contributed by atoms with Crippen molar-refractivity contribution in [2.24, 2.45) is 0 Å². The van der Waals surface area contributed by atoms with Gasteiger partial charge in [0.05, 0.1) is 15.4 Å². The number of halogens is 1. The van der Waals surface area contributed by atoms with Crippen LogP contribution >= 0.6 is 22.9 Å². The molecule has 0 unspecified atom stereocenters. The van der Waals surface area contributed by atoms with Crippen molar-refractivity contribution in [3.8, 4) is 10.7 Å². The molecule has 0 atom stereocenters. The first-order chi connectivity index (χ1) is 7.58. The number of thiophene rings is 1. The van der Waals surface area contributed by atoms with Gasteiger partial charge in [0.25, 0.3) is 5.78 Å². The maximum absolute atomic E-state index is 11.1. The van der Waals surface area contributed by atoms with E-state index in [2.05, 4.69) is 9.97 Å². The molecule has 0 aliphatic rings. The van der Waals surface area contributed by atoms with Crippen LogP contribution in [-0.4, -0.2) is 26.8 Å². The van der Waals surface area contributed by atoms with Gasteiger partial charge >= 0.3 is 5.97 Å². The van der Waals surface area contributed by atoms with E-state index < -0.39 is 11.8 Å². The number of imidazole rings is 1. The van der Waals surface area contributed by atoms with E-state index in [-0.39, 0.29) is 5.69 Å². The Hall–Kier alpha value is -1.66. The number of nitrogens with one attached hydrogen (secondary N) is 1. The molecule has 2 rings (SSSR count). The fraction of sp³-hybridized carbons (Fsp3) is 0. The molecule has 0 amide bonds. The first-order valence-corrected chi connectivity index (χ1v) is 5.35. The number of nitrogens with zero attached hydrogens (tertiary/aromatic N) is 1. The highest BCUT2D eigenvalue weighted by molar-refractivity contribution is 7.19. The zero-order valence-electron chi connectivity index (χ0n) is 7.73. The summed E-state index contributed by atoms with van der Waals surface area (Å²) in [6.07, 6.45) is 1.19. The zero-order valence-corrected chi connectivity index (χ0v) is 9.30.